The van der Waals surface area contributed by atoms with Crippen LogP contribution in [0.3, 0.4) is 0 Å². The Morgan fingerprint density at radius 3 is 2.86 bits per heavy atom. The van der Waals surface area contributed by atoms with Crippen LogP contribution in [0.2, 0.25) is 0 Å². The number of rotatable bonds is 2. The van der Waals surface area contributed by atoms with Crippen molar-refractivity contribution < 1.29 is 8.78 Å². The standard InChI is InChI=1S/C11H13F2N/c12-11(13)9-4-1-3-8(7-9)10-5-2-6-14-10/h1,3-4,7,10-11,14H,2,5-6H2. The smallest absolute Gasteiger partial charge is 0.263 e. The van der Waals surface area contributed by atoms with Crippen LogP contribution in [0.1, 0.15) is 36.4 Å². The van der Waals surface area contributed by atoms with Gasteiger partial charge in [0.25, 0.3) is 6.43 Å². The molecule has 1 heterocycles. The third kappa shape index (κ3) is 1.93. The molecule has 3 heteroatoms. The van der Waals surface area contributed by atoms with Gasteiger partial charge < -0.3 is 5.32 Å². The van der Waals surface area contributed by atoms with Gasteiger partial charge in [0, 0.05) is 11.6 Å². The predicted octanol–water partition coefficient (Wildman–Crippen LogP) is 3.05. The molecule has 76 valence electrons. The van der Waals surface area contributed by atoms with E-state index in [-0.39, 0.29) is 11.6 Å². The number of halogens is 2. The van der Waals surface area contributed by atoms with Crippen LogP contribution in [0.25, 0.3) is 0 Å². The average Bonchev–Trinajstić information content (AvgIpc) is 2.71. The van der Waals surface area contributed by atoms with Crippen molar-refractivity contribution in [3.8, 4) is 0 Å². The Morgan fingerprint density at radius 1 is 1.36 bits per heavy atom. The first-order valence-electron chi connectivity index (χ1n) is 4.89. The maximum Gasteiger partial charge on any atom is 0.263 e. The molecule has 1 aromatic carbocycles. The number of hydrogen-bond acceptors (Lipinski definition) is 1. The fourth-order valence-electron chi connectivity index (χ4n) is 1.88. The summed E-state index contributed by atoms with van der Waals surface area (Å²) < 4.78 is 24.8. The Bertz CT molecular complexity index is 306. The monoisotopic (exact) mass is 197 g/mol. The van der Waals surface area contributed by atoms with Crippen LogP contribution in [0.4, 0.5) is 8.78 Å². The van der Waals surface area contributed by atoms with Crippen molar-refractivity contribution >= 4 is 0 Å². The molecule has 1 atom stereocenters. The Hall–Kier alpha value is -0.960. The normalized spacial score (nSPS) is 21.8. The van der Waals surface area contributed by atoms with Crippen molar-refractivity contribution in [1.29, 1.82) is 0 Å². The van der Waals surface area contributed by atoms with E-state index in [0.29, 0.717) is 0 Å². The molecule has 0 amide bonds. The second kappa shape index (κ2) is 4.05. The zero-order valence-electron chi connectivity index (χ0n) is 7.84. The second-order valence-corrected chi connectivity index (χ2v) is 3.62. The summed E-state index contributed by atoms with van der Waals surface area (Å²) in [7, 11) is 0. The maximum absolute atomic E-state index is 12.4. The Labute approximate surface area is 82.1 Å². The van der Waals surface area contributed by atoms with E-state index in [1.54, 1.807) is 12.1 Å². The summed E-state index contributed by atoms with van der Waals surface area (Å²) in [5.41, 5.74) is 1.11. The van der Waals surface area contributed by atoms with Crippen LogP contribution in [-0.2, 0) is 0 Å². The van der Waals surface area contributed by atoms with Crippen LogP contribution in [-0.4, -0.2) is 6.54 Å². The van der Waals surface area contributed by atoms with Gasteiger partial charge >= 0.3 is 0 Å². The van der Waals surface area contributed by atoms with Gasteiger partial charge in [0.1, 0.15) is 0 Å². The lowest BCUT2D eigenvalue weighted by molar-refractivity contribution is 0.151. The van der Waals surface area contributed by atoms with E-state index in [1.165, 1.54) is 6.07 Å². The molecule has 0 aliphatic carbocycles. The van der Waals surface area contributed by atoms with Crippen molar-refractivity contribution in [3.63, 3.8) is 0 Å². The number of hydrogen-bond donors (Lipinski definition) is 1. The first kappa shape index (κ1) is 9.59. The van der Waals surface area contributed by atoms with Crippen molar-refractivity contribution in [2.24, 2.45) is 0 Å². The van der Waals surface area contributed by atoms with Gasteiger partial charge in [-0.3, -0.25) is 0 Å². The van der Waals surface area contributed by atoms with E-state index >= 15 is 0 Å². The minimum absolute atomic E-state index is 0.121. The van der Waals surface area contributed by atoms with Crippen LogP contribution in [0, 0.1) is 0 Å². The van der Waals surface area contributed by atoms with E-state index in [4.69, 9.17) is 0 Å². The summed E-state index contributed by atoms with van der Waals surface area (Å²) in [6.45, 7) is 0.990. The van der Waals surface area contributed by atoms with Crippen molar-refractivity contribution in [2.75, 3.05) is 6.54 Å². The van der Waals surface area contributed by atoms with Gasteiger partial charge in [-0.05, 0) is 31.0 Å². The zero-order valence-corrected chi connectivity index (χ0v) is 7.84. The van der Waals surface area contributed by atoms with Crippen LogP contribution < -0.4 is 5.32 Å². The fraction of sp³-hybridized carbons (Fsp3) is 0.455. The molecule has 0 radical (unpaired) electrons. The summed E-state index contributed by atoms with van der Waals surface area (Å²) in [5, 5.41) is 3.29. The fourth-order valence-corrected chi connectivity index (χ4v) is 1.88. The van der Waals surface area contributed by atoms with Crippen LogP contribution in [0.5, 0.6) is 0 Å². The van der Waals surface area contributed by atoms with E-state index in [2.05, 4.69) is 5.32 Å². The highest BCUT2D eigenvalue weighted by atomic mass is 19.3. The Balaban J connectivity index is 2.21. The van der Waals surface area contributed by atoms with E-state index in [0.717, 1.165) is 24.9 Å². The molecular formula is C11H13F2N. The molecule has 1 saturated heterocycles. The van der Waals surface area contributed by atoms with Crippen molar-refractivity contribution in [1.82, 2.24) is 5.32 Å². The highest BCUT2D eigenvalue weighted by molar-refractivity contribution is 5.27. The highest BCUT2D eigenvalue weighted by Crippen LogP contribution is 2.26. The third-order valence-electron chi connectivity index (χ3n) is 2.63. The molecule has 1 unspecified atom stereocenters. The van der Waals surface area contributed by atoms with Crippen molar-refractivity contribution in [3.05, 3.63) is 35.4 Å². The van der Waals surface area contributed by atoms with Gasteiger partial charge in [0.2, 0.25) is 0 Å². The minimum atomic E-state index is -2.36. The van der Waals surface area contributed by atoms with Gasteiger partial charge in [-0.25, -0.2) is 8.78 Å². The second-order valence-electron chi connectivity index (χ2n) is 3.62. The van der Waals surface area contributed by atoms with Crippen LogP contribution in [0.15, 0.2) is 24.3 Å². The highest BCUT2D eigenvalue weighted by Gasteiger charge is 2.17. The lowest BCUT2D eigenvalue weighted by Crippen LogP contribution is -2.12. The van der Waals surface area contributed by atoms with Gasteiger partial charge in [0.05, 0.1) is 0 Å². The summed E-state index contributed by atoms with van der Waals surface area (Å²) >= 11 is 0. The van der Waals surface area contributed by atoms with Gasteiger partial charge in [0.15, 0.2) is 0 Å². The third-order valence-corrected chi connectivity index (χ3v) is 2.63. The van der Waals surface area contributed by atoms with E-state index in [9.17, 15) is 8.78 Å². The van der Waals surface area contributed by atoms with Crippen LogP contribution >= 0.6 is 0 Å². The average molecular weight is 197 g/mol. The Morgan fingerprint density at radius 2 is 2.21 bits per heavy atom. The minimum Gasteiger partial charge on any atom is -0.310 e. The molecule has 0 saturated carbocycles. The summed E-state index contributed by atoms with van der Waals surface area (Å²) in [4.78, 5) is 0. The quantitative estimate of drug-likeness (QED) is 0.768. The zero-order chi connectivity index (χ0) is 9.97. The molecule has 0 spiro atoms. The molecule has 1 aliphatic heterocycles. The molecule has 2 rings (SSSR count). The molecule has 1 N–H and O–H groups in total. The molecule has 0 aromatic heterocycles. The summed E-state index contributed by atoms with van der Waals surface area (Å²) in [6, 6.07) is 6.97. The van der Waals surface area contributed by atoms with E-state index in [1.807, 2.05) is 6.07 Å². The molecule has 1 nitrogen and oxygen atoms in total. The molecular weight excluding hydrogens is 184 g/mol. The molecule has 1 fully saturated rings. The Kier molecular flexibility index (Phi) is 2.77. The SMILES string of the molecule is FC(F)c1cccc(C2CCCN2)c1. The summed E-state index contributed by atoms with van der Waals surface area (Å²) in [6.07, 6.45) is -0.188. The maximum atomic E-state index is 12.4. The predicted molar refractivity (Wildman–Crippen MR) is 51.4 cm³/mol. The first-order chi connectivity index (χ1) is 6.77. The van der Waals surface area contributed by atoms with Gasteiger partial charge in [-0.15, -0.1) is 0 Å². The van der Waals surface area contributed by atoms with Gasteiger partial charge in [-0.2, -0.15) is 0 Å². The lowest BCUT2D eigenvalue weighted by atomic mass is 10.0. The molecule has 0 bridgehead atoms. The topological polar surface area (TPSA) is 12.0 Å². The molecule has 1 aromatic rings. The lowest BCUT2D eigenvalue weighted by Gasteiger charge is -2.11. The summed E-state index contributed by atoms with van der Waals surface area (Å²) in [5.74, 6) is 0. The molecule has 14 heavy (non-hydrogen) atoms. The van der Waals surface area contributed by atoms with Crippen molar-refractivity contribution in [2.45, 2.75) is 25.3 Å². The molecule has 1 aliphatic rings. The van der Waals surface area contributed by atoms with E-state index < -0.39 is 6.43 Å². The number of alkyl halides is 2. The number of nitrogens with one attached hydrogen (secondary N) is 1. The van der Waals surface area contributed by atoms with Gasteiger partial charge in [-0.1, -0.05) is 18.2 Å². The number of benzene rings is 1. The largest absolute Gasteiger partial charge is 0.310 e. The first-order valence-corrected chi connectivity index (χ1v) is 4.89.